The topological polar surface area (TPSA) is 91.0 Å². The first kappa shape index (κ1) is 13.0. The van der Waals surface area contributed by atoms with Crippen LogP contribution in [0.5, 0.6) is 0 Å². The molecule has 5 N–H and O–H groups in total. The summed E-state index contributed by atoms with van der Waals surface area (Å²) in [4.78, 5) is 11.7. The van der Waals surface area contributed by atoms with Crippen LogP contribution in [0.4, 0.5) is 5.69 Å². The Bertz CT molecular complexity index is 415. The Morgan fingerprint density at radius 3 is 2.71 bits per heavy atom. The maximum Gasteiger partial charge on any atom is 0.251 e. The van der Waals surface area contributed by atoms with Crippen LogP contribution in [0, 0.1) is 11.3 Å². The monoisotopic (exact) mass is 233 g/mol. The summed E-state index contributed by atoms with van der Waals surface area (Å²) < 4.78 is 0. The van der Waals surface area contributed by atoms with E-state index in [1.54, 1.807) is 24.3 Å². The number of guanidine groups is 1. The van der Waals surface area contributed by atoms with Gasteiger partial charge in [0.25, 0.3) is 5.91 Å². The lowest BCUT2D eigenvalue weighted by atomic mass is 10.1. The van der Waals surface area contributed by atoms with Gasteiger partial charge in [0.05, 0.1) is 0 Å². The van der Waals surface area contributed by atoms with Gasteiger partial charge in [-0.15, -0.1) is 0 Å². The third kappa shape index (κ3) is 4.55. The predicted molar refractivity (Wildman–Crippen MR) is 68.9 cm³/mol. The highest BCUT2D eigenvalue weighted by Gasteiger charge is 2.06. The maximum atomic E-state index is 11.7. The van der Waals surface area contributed by atoms with Crippen LogP contribution in [0.2, 0.25) is 0 Å². The number of hydrogen-bond acceptors (Lipinski definition) is 2. The van der Waals surface area contributed by atoms with Crippen LogP contribution in [-0.4, -0.2) is 18.4 Å². The average Bonchev–Trinajstić information content (AvgIpc) is 2.25. The SMILES string of the molecule is C[C](C)CNC(=O)c1cccc(NC(=N)N)c1. The molecule has 0 heterocycles. The van der Waals surface area contributed by atoms with Crippen molar-refractivity contribution in [1.82, 2.24) is 5.32 Å². The summed E-state index contributed by atoms with van der Waals surface area (Å²) in [6.45, 7) is 4.46. The fourth-order valence-electron chi connectivity index (χ4n) is 1.25. The van der Waals surface area contributed by atoms with E-state index >= 15 is 0 Å². The van der Waals surface area contributed by atoms with Crippen molar-refractivity contribution in [3.8, 4) is 0 Å². The minimum absolute atomic E-state index is 0.140. The highest BCUT2D eigenvalue weighted by Crippen LogP contribution is 2.10. The number of amides is 1. The molecule has 5 heteroatoms. The molecule has 0 saturated heterocycles. The van der Waals surface area contributed by atoms with Crippen molar-refractivity contribution in [3.63, 3.8) is 0 Å². The summed E-state index contributed by atoms with van der Waals surface area (Å²) in [5, 5.41) is 12.5. The quantitative estimate of drug-likeness (QED) is 0.467. The Balaban J connectivity index is 2.70. The van der Waals surface area contributed by atoms with Gasteiger partial charge in [0, 0.05) is 17.8 Å². The second-order valence-electron chi connectivity index (χ2n) is 4.01. The molecule has 1 aromatic rings. The molecule has 0 aliphatic heterocycles. The predicted octanol–water partition coefficient (Wildman–Crippen LogP) is 1.34. The number of rotatable bonds is 4. The molecule has 0 bridgehead atoms. The molecule has 0 aromatic heterocycles. The Hall–Kier alpha value is -2.04. The maximum absolute atomic E-state index is 11.7. The first-order chi connectivity index (χ1) is 7.99. The molecule has 17 heavy (non-hydrogen) atoms. The molecular formula is C12H17N4O. The molecular weight excluding hydrogens is 216 g/mol. The van der Waals surface area contributed by atoms with E-state index in [9.17, 15) is 4.79 Å². The molecule has 0 atom stereocenters. The Morgan fingerprint density at radius 1 is 1.41 bits per heavy atom. The van der Waals surface area contributed by atoms with Crippen molar-refractivity contribution >= 4 is 17.6 Å². The van der Waals surface area contributed by atoms with Crippen LogP contribution >= 0.6 is 0 Å². The third-order valence-electron chi connectivity index (χ3n) is 2.01. The van der Waals surface area contributed by atoms with Gasteiger partial charge in [-0.3, -0.25) is 10.2 Å². The number of nitrogens with two attached hydrogens (primary N) is 1. The van der Waals surface area contributed by atoms with Crippen LogP contribution in [0.3, 0.4) is 0 Å². The number of carbonyl (C=O) groups excluding carboxylic acids is 1. The smallest absolute Gasteiger partial charge is 0.251 e. The molecule has 0 aliphatic rings. The van der Waals surface area contributed by atoms with Crippen molar-refractivity contribution in [2.75, 3.05) is 11.9 Å². The van der Waals surface area contributed by atoms with Gasteiger partial charge in [0.1, 0.15) is 0 Å². The van der Waals surface area contributed by atoms with Crippen molar-refractivity contribution < 1.29 is 4.79 Å². The first-order valence-electron chi connectivity index (χ1n) is 5.27. The second kappa shape index (κ2) is 5.89. The summed E-state index contributed by atoms with van der Waals surface area (Å²) in [6.07, 6.45) is 0. The van der Waals surface area contributed by atoms with Crippen molar-refractivity contribution in [2.24, 2.45) is 5.73 Å². The number of hydrogen-bond donors (Lipinski definition) is 4. The normalized spacial score (nSPS) is 10.1. The van der Waals surface area contributed by atoms with Gasteiger partial charge in [-0.25, -0.2) is 0 Å². The molecule has 1 amide bonds. The zero-order valence-electron chi connectivity index (χ0n) is 10.0. The van der Waals surface area contributed by atoms with E-state index in [-0.39, 0.29) is 11.9 Å². The molecule has 91 valence electrons. The van der Waals surface area contributed by atoms with E-state index in [0.29, 0.717) is 17.8 Å². The van der Waals surface area contributed by atoms with E-state index in [2.05, 4.69) is 10.6 Å². The standard InChI is InChI=1S/C12H17N4O/c1-8(2)7-15-11(17)9-4-3-5-10(6-9)16-12(13)14/h3-6H,7H2,1-2H3,(H,15,17)(H4,13,14,16). The van der Waals surface area contributed by atoms with Crippen LogP contribution in [-0.2, 0) is 0 Å². The van der Waals surface area contributed by atoms with Crippen LogP contribution < -0.4 is 16.4 Å². The summed E-state index contributed by atoms with van der Waals surface area (Å²) in [5.74, 6) is 0.843. The van der Waals surface area contributed by atoms with E-state index in [0.717, 1.165) is 5.92 Å². The number of anilines is 1. The van der Waals surface area contributed by atoms with E-state index < -0.39 is 0 Å². The fourth-order valence-corrected chi connectivity index (χ4v) is 1.25. The Labute approximate surface area is 101 Å². The van der Waals surface area contributed by atoms with Crippen LogP contribution in [0.1, 0.15) is 24.2 Å². The zero-order chi connectivity index (χ0) is 12.8. The summed E-state index contributed by atoms with van der Waals surface area (Å²) in [5.41, 5.74) is 6.38. The number of benzene rings is 1. The molecule has 0 unspecified atom stereocenters. The highest BCUT2D eigenvalue weighted by molar-refractivity contribution is 5.97. The van der Waals surface area contributed by atoms with Gasteiger partial charge in [-0.1, -0.05) is 19.9 Å². The molecule has 0 aliphatic carbocycles. The van der Waals surface area contributed by atoms with Crippen molar-refractivity contribution in [3.05, 3.63) is 35.7 Å². The van der Waals surface area contributed by atoms with Gasteiger partial charge in [-0.05, 0) is 24.1 Å². The number of nitrogens with one attached hydrogen (secondary N) is 3. The Kier molecular flexibility index (Phi) is 4.51. The number of carbonyl (C=O) groups is 1. The lowest BCUT2D eigenvalue weighted by Crippen LogP contribution is -2.27. The van der Waals surface area contributed by atoms with E-state index in [4.69, 9.17) is 11.1 Å². The zero-order valence-corrected chi connectivity index (χ0v) is 10.0. The van der Waals surface area contributed by atoms with Gasteiger partial charge in [-0.2, -0.15) is 0 Å². The molecule has 0 fully saturated rings. The minimum Gasteiger partial charge on any atom is -0.370 e. The minimum atomic E-state index is -0.153. The summed E-state index contributed by atoms with van der Waals surface area (Å²) >= 11 is 0. The summed E-state index contributed by atoms with van der Waals surface area (Å²) in [6, 6.07) is 6.85. The van der Waals surface area contributed by atoms with Gasteiger partial charge in [0.15, 0.2) is 5.96 Å². The van der Waals surface area contributed by atoms with E-state index in [1.165, 1.54) is 0 Å². The van der Waals surface area contributed by atoms with Crippen molar-refractivity contribution in [2.45, 2.75) is 13.8 Å². The molecule has 5 nitrogen and oxygen atoms in total. The summed E-state index contributed by atoms with van der Waals surface area (Å²) in [7, 11) is 0. The van der Waals surface area contributed by atoms with Gasteiger partial charge in [0.2, 0.25) is 0 Å². The van der Waals surface area contributed by atoms with Gasteiger partial charge < -0.3 is 16.4 Å². The fraction of sp³-hybridized carbons (Fsp3) is 0.250. The van der Waals surface area contributed by atoms with Crippen molar-refractivity contribution in [1.29, 1.82) is 5.41 Å². The molecule has 1 radical (unpaired) electrons. The third-order valence-corrected chi connectivity index (χ3v) is 2.01. The largest absolute Gasteiger partial charge is 0.370 e. The van der Waals surface area contributed by atoms with Crippen LogP contribution in [0.15, 0.2) is 24.3 Å². The molecule has 1 rings (SSSR count). The molecule has 1 aromatic carbocycles. The Morgan fingerprint density at radius 2 is 2.12 bits per heavy atom. The molecule has 0 spiro atoms. The lowest BCUT2D eigenvalue weighted by molar-refractivity contribution is 0.0955. The first-order valence-corrected chi connectivity index (χ1v) is 5.27. The van der Waals surface area contributed by atoms with Gasteiger partial charge >= 0.3 is 0 Å². The van der Waals surface area contributed by atoms with E-state index in [1.807, 2.05) is 13.8 Å². The second-order valence-corrected chi connectivity index (χ2v) is 4.01. The molecule has 0 saturated carbocycles. The highest BCUT2D eigenvalue weighted by atomic mass is 16.1. The lowest BCUT2D eigenvalue weighted by Gasteiger charge is -2.09. The van der Waals surface area contributed by atoms with Crippen LogP contribution in [0.25, 0.3) is 0 Å². The average molecular weight is 233 g/mol.